The van der Waals surface area contributed by atoms with Gasteiger partial charge in [-0.1, -0.05) is 12.1 Å². The molecule has 1 aromatic carbocycles. The summed E-state index contributed by atoms with van der Waals surface area (Å²) in [5.74, 6) is -1.41. The van der Waals surface area contributed by atoms with E-state index in [9.17, 15) is 13.6 Å². The molecule has 1 saturated heterocycles. The fourth-order valence-electron chi connectivity index (χ4n) is 2.91. The lowest BCUT2D eigenvalue weighted by Gasteiger charge is -2.22. The van der Waals surface area contributed by atoms with Gasteiger partial charge >= 0.3 is 0 Å². The molecule has 0 radical (unpaired) electrons. The van der Waals surface area contributed by atoms with Crippen LogP contribution in [0.25, 0.3) is 0 Å². The molecule has 1 fully saturated rings. The molecule has 0 spiro atoms. The summed E-state index contributed by atoms with van der Waals surface area (Å²) in [6.07, 6.45) is 2.36. The third kappa shape index (κ3) is 4.10. The fraction of sp³-hybridized carbons (Fsp3) is 0.389. The molecular weight excluding hydrogens is 326 g/mol. The first-order valence-corrected chi connectivity index (χ1v) is 8.30. The Morgan fingerprint density at radius 3 is 2.80 bits per heavy atom. The highest BCUT2D eigenvalue weighted by atomic mass is 19.2. The van der Waals surface area contributed by atoms with Gasteiger partial charge < -0.3 is 9.80 Å². The molecular formula is C18H20F2N4O. The third-order valence-electron chi connectivity index (χ3n) is 4.29. The second kappa shape index (κ2) is 7.55. The van der Waals surface area contributed by atoms with E-state index in [1.54, 1.807) is 11.1 Å². The first-order chi connectivity index (χ1) is 12.0. The van der Waals surface area contributed by atoms with Gasteiger partial charge in [-0.05, 0) is 25.5 Å². The molecule has 2 heterocycles. The van der Waals surface area contributed by atoms with Gasteiger partial charge in [-0.15, -0.1) is 0 Å². The predicted octanol–water partition coefficient (Wildman–Crippen LogP) is 2.34. The molecule has 0 unspecified atom stereocenters. The smallest absolute Gasteiger partial charge is 0.227 e. The molecule has 25 heavy (non-hydrogen) atoms. The van der Waals surface area contributed by atoms with Crippen LogP contribution in [0.2, 0.25) is 0 Å². The minimum absolute atomic E-state index is 0.0909. The van der Waals surface area contributed by atoms with Gasteiger partial charge in [0, 0.05) is 43.6 Å². The SMILES string of the molecule is Cc1ccnc(N2CCCN(C(=O)Cc3cccc(F)c3F)CC2)n1. The first kappa shape index (κ1) is 17.3. The second-order valence-corrected chi connectivity index (χ2v) is 6.11. The van der Waals surface area contributed by atoms with Gasteiger partial charge in [-0.25, -0.2) is 18.7 Å². The van der Waals surface area contributed by atoms with Crippen LogP contribution in [-0.2, 0) is 11.2 Å². The van der Waals surface area contributed by atoms with E-state index >= 15 is 0 Å². The number of rotatable bonds is 3. The Bertz CT molecular complexity index is 768. The number of aromatic nitrogens is 2. The van der Waals surface area contributed by atoms with Gasteiger partial charge in [0.25, 0.3) is 0 Å². The van der Waals surface area contributed by atoms with Gasteiger partial charge in [0.15, 0.2) is 11.6 Å². The van der Waals surface area contributed by atoms with E-state index in [0.29, 0.717) is 25.6 Å². The van der Waals surface area contributed by atoms with E-state index in [4.69, 9.17) is 0 Å². The number of halogens is 2. The van der Waals surface area contributed by atoms with Crippen molar-refractivity contribution in [3.05, 3.63) is 53.4 Å². The quantitative estimate of drug-likeness (QED) is 0.856. The highest BCUT2D eigenvalue weighted by Crippen LogP contribution is 2.15. The summed E-state index contributed by atoms with van der Waals surface area (Å²) in [5.41, 5.74) is 0.983. The Hall–Kier alpha value is -2.57. The Kier molecular flexibility index (Phi) is 5.21. The van der Waals surface area contributed by atoms with Crippen LogP contribution in [-0.4, -0.2) is 47.0 Å². The molecule has 3 rings (SSSR count). The Balaban J connectivity index is 1.64. The van der Waals surface area contributed by atoms with Gasteiger partial charge in [-0.3, -0.25) is 4.79 Å². The van der Waals surface area contributed by atoms with E-state index in [2.05, 4.69) is 9.97 Å². The molecule has 132 valence electrons. The first-order valence-electron chi connectivity index (χ1n) is 8.30. The summed E-state index contributed by atoms with van der Waals surface area (Å²) in [7, 11) is 0. The van der Waals surface area contributed by atoms with Crippen molar-refractivity contribution in [2.45, 2.75) is 19.8 Å². The Morgan fingerprint density at radius 2 is 2.00 bits per heavy atom. The number of anilines is 1. The van der Waals surface area contributed by atoms with Crippen molar-refractivity contribution in [3.63, 3.8) is 0 Å². The molecule has 1 aromatic heterocycles. The van der Waals surface area contributed by atoms with Crippen LogP contribution in [0.1, 0.15) is 17.7 Å². The van der Waals surface area contributed by atoms with Crippen LogP contribution < -0.4 is 4.90 Å². The summed E-state index contributed by atoms with van der Waals surface area (Å²) < 4.78 is 27.0. The molecule has 5 nitrogen and oxygen atoms in total. The van der Waals surface area contributed by atoms with E-state index in [1.165, 1.54) is 12.1 Å². The van der Waals surface area contributed by atoms with Crippen molar-refractivity contribution < 1.29 is 13.6 Å². The molecule has 0 bridgehead atoms. The molecule has 0 saturated carbocycles. The number of benzene rings is 1. The van der Waals surface area contributed by atoms with Crippen LogP contribution in [0.15, 0.2) is 30.5 Å². The number of carbonyl (C=O) groups excluding carboxylic acids is 1. The van der Waals surface area contributed by atoms with Gasteiger partial charge in [-0.2, -0.15) is 0 Å². The van der Waals surface area contributed by atoms with Crippen molar-refractivity contribution in [3.8, 4) is 0 Å². The van der Waals surface area contributed by atoms with Crippen LogP contribution in [0.5, 0.6) is 0 Å². The van der Waals surface area contributed by atoms with Gasteiger partial charge in [0.1, 0.15) is 0 Å². The van der Waals surface area contributed by atoms with Crippen molar-refractivity contribution in [2.75, 3.05) is 31.1 Å². The lowest BCUT2D eigenvalue weighted by Crippen LogP contribution is -2.36. The van der Waals surface area contributed by atoms with Gasteiger partial charge in [0.05, 0.1) is 6.42 Å². The van der Waals surface area contributed by atoms with Crippen LogP contribution in [0.3, 0.4) is 0 Å². The predicted molar refractivity (Wildman–Crippen MR) is 90.2 cm³/mol. The number of amides is 1. The minimum atomic E-state index is -0.944. The largest absolute Gasteiger partial charge is 0.341 e. The van der Waals surface area contributed by atoms with E-state index in [-0.39, 0.29) is 17.9 Å². The zero-order valence-electron chi connectivity index (χ0n) is 14.1. The third-order valence-corrected chi connectivity index (χ3v) is 4.29. The van der Waals surface area contributed by atoms with Crippen molar-refractivity contribution in [2.24, 2.45) is 0 Å². The second-order valence-electron chi connectivity index (χ2n) is 6.11. The molecule has 0 aliphatic carbocycles. The molecule has 1 aliphatic heterocycles. The van der Waals surface area contributed by atoms with Gasteiger partial charge in [0.2, 0.25) is 11.9 Å². The average Bonchev–Trinajstić information content (AvgIpc) is 2.85. The minimum Gasteiger partial charge on any atom is -0.341 e. The van der Waals surface area contributed by atoms with E-state index in [1.807, 2.05) is 17.9 Å². The molecule has 2 aromatic rings. The maximum absolute atomic E-state index is 13.8. The number of carbonyl (C=O) groups is 1. The fourth-order valence-corrected chi connectivity index (χ4v) is 2.91. The normalized spacial score (nSPS) is 15.2. The summed E-state index contributed by atoms with van der Waals surface area (Å²) in [5, 5.41) is 0. The highest BCUT2D eigenvalue weighted by Gasteiger charge is 2.22. The Morgan fingerprint density at radius 1 is 1.16 bits per heavy atom. The zero-order chi connectivity index (χ0) is 17.8. The van der Waals surface area contributed by atoms with Crippen LogP contribution in [0.4, 0.5) is 14.7 Å². The topological polar surface area (TPSA) is 49.3 Å². The van der Waals surface area contributed by atoms with Crippen molar-refractivity contribution in [1.29, 1.82) is 0 Å². The summed E-state index contributed by atoms with van der Waals surface area (Å²) >= 11 is 0. The molecule has 0 atom stereocenters. The average molecular weight is 346 g/mol. The van der Waals surface area contributed by atoms with Crippen LogP contribution >= 0.6 is 0 Å². The highest BCUT2D eigenvalue weighted by molar-refractivity contribution is 5.79. The number of aryl methyl sites for hydroxylation is 1. The summed E-state index contributed by atoms with van der Waals surface area (Å²) in [6.45, 7) is 4.36. The standard InChI is InChI=1S/C18H20F2N4O/c1-13-6-7-21-18(22-13)24-9-3-8-23(10-11-24)16(25)12-14-4-2-5-15(19)17(14)20/h2,4-7H,3,8-12H2,1H3. The molecule has 7 heteroatoms. The molecule has 0 N–H and O–H groups in total. The summed E-state index contributed by atoms with van der Waals surface area (Å²) in [6, 6.07) is 5.75. The number of hydrogen-bond acceptors (Lipinski definition) is 4. The van der Waals surface area contributed by atoms with E-state index in [0.717, 1.165) is 24.7 Å². The number of nitrogens with zero attached hydrogens (tertiary/aromatic N) is 4. The van der Waals surface area contributed by atoms with Crippen molar-refractivity contribution in [1.82, 2.24) is 14.9 Å². The number of hydrogen-bond donors (Lipinski definition) is 0. The van der Waals surface area contributed by atoms with Crippen LogP contribution in [0, 0.1) is 18.6 Å². The van der Waals surface area contributed by atoms with Crippen molar-refractivity contribution >= 4 is 11.9 Å². The summed E-state index contributed by atoms with van der Waals surface area (Å²) in [4.78, 5) is 24.9. The maximum Gasteiger partial charge on any atom is 0.227 e. The zero-order valence-corrected chi connectivity index (χ0v) is 14.1. The lowest BCUT2D eigenvalue weighted by molar-refractivity contribution is -0.130. The van der Waals surface area contributed by atoms with E-state index < -0.39 is 11.6 Å². The Labute approximate surface area is 145 Å². The molecule has 1 amide bonds. The lowest BCUT2D eigenvalue weighted by atomic mass is 10.1. The maximum atomic E-state index is 13.8. The molecule has 1 aliphatic rings. The monoisotopic (exact) mass is 346 g/mol.